The summed E-state index contributed by atoms with van der Waals surface area (Å²) in [5, 5.41) is 69.4. The number of Topliss-reactive ketones (excluding diaryl/α,β-unsaturated/α-hetero) is 1. The summed E-state index contributed by atoms with van der Waals surface area (Å²) < 4.78 is 16.0. The average Bonchev–Trinajstić information content (AvgIpc) is 1.71. The van der Waals surface area contributed by atoms with Gasteiger partial charge in [0, 0.05) is 112 Å². The number of nitrogens with zero attached hydrogens (tertiary/aromatic N) is 6. The fourth-order valence-electron chi connectivity index (χ4n) is 18.7. The number of aromatic amines is 1. The van der Waals surface area contributed by atoms with E-state index in [1.807, 2.05) is 27.7 Å². The number of likely N-dealkylation sites (N-methyl/N-ethyl adjacent to an activating group) is 2. The molecule has 4 aliphatic rings. The zero-order valence-corrected chi connectivity index (χ0v) is 83.4. The number of rotatable bonds is 30. The Balaban J connectivity index is 1.12. The van der Waals surface area contributed by atoms with Crippen molar-refractivity contribution < 1.29 is 116 Å². The molecule has 19 N–H and O–H groups in total. The number of aliphatic hydroxyl groups is 1. The van der Waals surface area contributed by atoms with Gasteiger partial charge in [-0.1, -0.05) is 123 Å². The molecule has 0 aliphatic carbocycles. The van der Waals surface area contributed by atoms with E-state index in [1.165, 1.54) is 43.9 Å². The Morgan fingerprint density at radius 3 is 1.74 bits per heavy atom. The predicted octanol–water partition coefficient (Wildman–Crippen LogP) is 1.30. The molecule has 5 aromatic rings. The SMILES string of the molecule is CCCC[C@H]1C(=O)N(C)[C@@H](CCCC)C(=O)N[C@@H](CC(C)C)C(=O)C[C@H](C(=O)NCC(=O)N[C@@H](CC)C(=O)O)CSCC(=O)N[C@@H](Cc2ccc(F)cc2)C(=O)N2CCCC[C@H]2C(=O)N[C@@H](CC(=O)O)C(=O)N2CCC[C@H]2C(=O)N[C@@H](CN)C(=O)N[C@@H](CCC(C)C)C(=O)N2C[C@H](O)C[C@H]2C(=O)N[C@@H](Cc2c[nH]c3ccccc23)C(=O)N[C@@H](CCN)C(=O)N[C@@H](Cc2cn(CC(=O)O)c3ccccc23)C(=O)N1C. The molecule has 0 spiro atoms. The van der Waals surface area contributed by atoms with Gasteiger partial charge >= 0.3 is 17.9 Å². The van der Waals surface area contributed by atoms with Gasteiger partial charge in [-0.2, -0.15) is 11.8 Å². The number of hydrogen-bond acceptors (Lipinski definition) is 23. The normalized spacial score (nSPS) is 24.8. The maximum Gasteiger partial charge on any atom is 0.326 e. The predicted molar refractivity (Wildman–Crippen MR) is 525 cm³/mol. The topological polar surface area (TPSA) is 615 Å². The molecule has 143 heavy (non-hydrogen) atoms. The first kappa shape index (κ1) is 114. The van der Waals surface area contributed by atoms with Gasteiger partial charge in [-0.05, 0) is 136 Å². The first-order chi connectivity index (χ1) is 68.1. The Labute approximate surface area is 833 Å². The second kappa shape index (κ2) is 54.5. The fraction of sp³-hybridized carbons (Fsp3) is 0.586. The lowest BCUT2D eigenvalue weighted by Gasteiger charge is -2.38. The van der Waals surface area contributed by atoms with Crippen LogP contribution in [0.4, 0.5) is 4.39 Å². The van der Waals surface area contributed by atoms with Crippen LogP contribution in [0.25, 0.3) is 21.8 Å². The number of para-hydroxylation sites is 2. The van der Waals surface area contributed by atoms with E-state index in [-0.39, 0.29) is 121 Å². The van der Waals surface area contributed by atoms with Crippen molar-refractivity contribution in [3.05, 3.63) is 108 Å². The summed E-state index contributed by atoms with van der Waals surface area (Å²) in [5.41, 5.74) is 14.8. The van der Waals surface area contributed by atoms with Crippen molar-refractivity contribution in [2.75, 3.05) is 64.9 Å². The number of fused-ring (bicyclic) bond motifs is 5. The third-order valence-electron chi connectivity index (χ3n) is 26.5. The fourth-order valence-corrected chi connectivity index (χ4v) is 19.6. The third-order valence-corrected chi connectivity index (χ3v) is 27.6. The third kappa shape index (κ3) is 31.8. The van der Waals surface area contributed by atoms with Crippen LogP contribution in [-0.4, -0.2) is 322 Å². The Kier molecular flexibility index (Phi) is 43.3. The van der Waals surface area contributed by atoms with Crippen LogP contribution in [0.2, 0.25) is 0 Å². The van der Waals surface area contributed by atoms with Crippen molar-refractivity contribution in [1.82, 2.24) is 87.2 Å². The van der Waals surface area contributed by atoms with E-state index >= 15 is 43.2 Å². The van der Waals surface area contributed by atoms with Gasteiger partial charge in [-0.3, -0.25) is 86.3 Å². The molecule has 0 saturated carbocycles. The number of piperidine rings is 1. The number of H-pyrrole nitrogens is 1. The Morgan fingerprint density at radius 2 is 1.10 bits per heavy atom. The minimum absolute atomic E-state index is 0.0145. The number of amides is 15. The van der Waals surface area contributed by atoms with Crippen LogP contribution in [0.5, 0.6) is 0 Å². The van der Waals surface area contributed by atoms with Crippen LogP contribution < -0.4 is 64.6 Å². The lowest BCUT2D eigenvalue weighted by molar-refractivity contribution is -0.149. The van der Waals surface area contributed by atoms with Gasteiger partial charge in [-0.25, -0.2) is 9.18 Å². The number of unbranched alkanes of at least 4 members (excludes halogenated alkanes) is 2. The number of aliphatic hydroxyl groups excluding tert-OH is 1. The first-order valence-corrected chi connectivity index (χ1v) is 50.4. The number of thioether (sulfide) groups is 1. The number of carbonyl (C=O) groups is 19. The van der Waals surface area contributed by atoms with E-state index in [0.717, 1.165) is 48.4 Å². The van der Waals surface area contributed by atoms with E-state index in [0.29, 0.717) is 77.0 Å². The van der Waals surface area contributed by atoms with E-state index in [2.05, 4.69) is 58.2 Å². The summed E-state index contributed by atoms with van der Waals surface area (Å²) in [6.45, 7) is 9.38. The van der Waals surface area contributed by atoms with Gasteiger partial charge < -0.3 is 119 Å². The van der Waals surface area contributed by atoms with Gasteiger partial charge in [-0.15, -0.1) is 0 Å². The summed E-state index contributed by atoms with van der Waals surface area (Å²) in [6, 6.07) is -2.87. The Morgan fingerprint density at radius 1 is 0.545 bits per heavy atom. The highest BCUT2D eigenvalue weighted by Crippen LogP contribution is 2.31. The monoisotopic (exact) mass is 2010 g/mol. The number of hydrogen-bond donors (Lipinski definition) is 17. The average molecular weight is 2020 g/mol. The number of nitrogens with two attached hydrogens (primary N) is 2. The summed E-state index contributed by atoms with van der Waals surface area (Å²) in [7, 11) is 2.69. The van der Waals surface area contributed by atoms with Gasteiger partial charge in [0.15, 0.2) is 5.78 Å². The van der Waals surface area contributed by atoms with Crippen molar-refractivity contribution in [2.45, 2.75) is 287 Å². The van der Waals surface area contributed by atoms with Crippen molar-refractivity contribution in [3.63, 3.8) is 0 Å². The number of aromatic nitrogens is 2. The van der Waals surface area contributed by atoms with Crippen molar-refractivity contribution in [2.24, 2.45) is 29.2 Å². The highest BCUT2D eigenvalue weighted by atomic mass is 32.2. The van der Waals surface area contributed by atoms with E-state index in [1.54, 1.807) is 68.6 Å². The Bertz CT molecular complexity index is 5370. The molecule has 16 atom stereocenters. The second-order valence-corrected chi connectivity index (χ2v) is 39.2. The van der Waals surface area contributed by atoms with Crippen LogP contribution in [0.1, 0.15) is 187 Å². The standard InChI is InChI=1S/C99H140FN19O23S/c1-10-13-25-76-90(132)109-69(40-56(6)7)81(121)44-60(86(128)104-49-82(122)105-65(12-3)99(141)142)53-143-54-83(123)106-71(41-57-31-33-61(100)34-32-57)96(138)117-38-20-19-28-77(117)91(133)112-73(46-84(124)125)97(139)118-39-21-29-78(118)92(134)113-74(47-102)89(131)108-68(35-30-55(4)5)95(137)119-51-62(120)45-80(119)93(135)110-70(42-58-48-103-66-24-17-15-22-63(58)66)88(130)107-67(36-37-101)87(129)111-72(94(136)115(9)79(26-14-11-2)98(140)114(76)8)43-59-50-116(52-85(126)127)75-27-18-16-23-64(59)75/h15-18,22-24,27,31-34,48,50,55-56,60,62,65,67-74,76-80,103,120H,10-14,19-21,25-26,28-30,35-47,49,51-54,101-102H2,1-9H3,(H,104,128)(H,105,122)(H,106,123)(H,107,130)(H,108,131)(H,109,132)(H,110,135)(H,111,129)(H,112,133)(H,113,134)(H,124,125)(H,126,127)(H,141,142)/t60-,62+,65-,67-,68-,69-,70-,71-,72-,73-,74-,76-,77-,78-,79-,80-/m0/s1. The number of carboxylic acids is 3. The van der Waals surface area contributed by atoms with Gasteiger partial charge in [0.1, 0.15) is 90.9 Å². The van der Waals surface area contributed by atoms with Gasteiger partial charge in [0.2, 0.25) is 88.6 Å². The molecule has 782 valence electrons. The van der Waals surface area contributed by atoms with E-state index in [4.69, 9.17) is 11.5 Å². The molecule has 6 heterocycles. The van der Waals surface area contributed by atoms with Gasteiger partial charge in [0.25, 0.3) is 0 Å². The zero-order valence-electron chi connectivity index (χ0n) is 82.6. The molecule has 15 amide bonds. The summed E-state index contributed by atoms with van der Waals surface area (Å²) >= 11 is 0.799. The second-order valence-electron chi connectivity index (χ2n) is 38.2. The number of halogens is 1. The molecule has 4 aliphatic heterocycles. The molecule has 4 saturated heterocycles. The molecular formula is C99H140FN19O23S. The van der Waals surface area contributed by atoms with Crippen LogP contribution in [-0.2, 0) is 117 Å². The van der Waals surface area contributed by atoms with Crippen LogP contribution >= 0.6 is 11.8 Å². The quantitative estimate of drug-likeness (QED) is 0.0308. The largest absolute Gasteiger partial charge is 0.481 e. The summed E-state index contributed by atoms with van der Waals surface area (Å²) in [5.74, 6) is -22.3. The lowest BCUT2D eigenvalue weighted by atomic mass is 9.93. The van der Waals surface area contributed by atoms with Crippen LogP contribution in [0.15, 0.2) is 85.2 Å². The molecule has 9 rings (SSSR count). The molecule has 0 radical (unpaired) electrons. The number of nitrogens with one attached hydrogen (secondary N) is 11. The molecule has 44 heteroatoms. The minimum Gasteiger partial charge on any atom is -0.481 e. The molecule has 2 aromatic heterocycles. The number of benzene rings is 3. The lowest BCUT2D eigenvalue weighted by Crippen LogP contribution is -2.62. The molecular weight excluding hydrogens is 1870 g/mol. The number of carbonyl (C=O) groups excluding carboxylic acids is 16. The first-order valence-electron chi connectivity index (χ1n) is 49.2. The highest BCUT2D eigenvalue weighted by molar-refractivity contribution is 7.99. The maximum absolute atomic E-state index is 16.1. The molecule has 4 fully saturated rings. The smallest absolute Gasteiger partial charge is 0.326 e. The van der Waals surface area contributed by atoms with Crippen molar-refractivity contribution in [1.29, 1.82) is 0 Å². The molecule has 42 nitrogen and oxygen atoms in total. The number of carboxylic acid groups (broad SMARTS) is 3. The highest BCUT2D eigenvalue weighted by Gasteiger charge is 2.48. The molecule has 0 bridgehead atoms. The van der Waals surface area contributed by atoms with Crippen molar-refractivity contribution in [3.8, 4) is 0 Å². The summed E-state index contributed by atoms with van der Waals surface area (Å²) in [6.07, 6.45) is 0.569. The van der Waals surface area contributed by atoms with Gasteiger partial charge in [0.05, 0.1) is 36.8 Å². The Hall–Kier alpha value is -13.0. The maximum atomic E-state index is 16.1. The van der Waals surface area contributed by atoms with Crippen molar-refractivity contribution >= 4 is 146 Å². The number of aliphatic carboxylic acids is 3. The van der Waals surface area contributed by atoms with Crippen LogP contribution in [0.3, 0.4) is 0 Å². The molecule has 0 unspecified atom stereocenters. The zero-order chi connectivity index (χ0) is 105. The van der Waals surface area contributed by atoms with Crippen LogP contribution in [0, 0.1) is 23.6 Å². The minimum atomic E-state index is -1.90. The van der Waals surface area contributed by atoms with E-state index < -0.39 is 266 Å². The van der Waals surface area contributed by atoms with E-state index in [9.17, 15) is 72.8 Å². The number of ketones is 1. The summed E-state index contributed by atoms with van der Waals surface area (Å²) in [4.78, 5) is 287. The molecule has 3 aromatic carbocycles.